The van der Waals surface area contributed by atoms with E-state index < -0.39 is 10.0 Å². The molecule has 0 atom stereocenters. The molecule has 5 nitrogen and oxygen atoms in total. The molecular formula is C11H15N3O2S. The monoisotopic (exact) mass is 253 g/mol. The normalized spacial score (nSPS) is 18.2. The van der Waals surface area contributed by atoms with Crippen molar-refractivity contribution in [3.8, 4) is 0 Å². The lowest BCUT2D eigenvalue weighted by atomic mass is 10.2. The van der Waals surface area contributed by atoms with Gasteiger partial charge in [0.1, 0.15) is 4.90 Å². The zero-order valence-electron chi connectivity index (χ0n) is 9.39. The van der Waals surface area contributed by atoms with E-state index in [9.17, 15) is 8.42 Å². The summed E-state index contributed by atoms with van der Waals surface area (Å²) >= 11 is 0. The lowest BCUT2D eigenvalue weighted by Gasteiger charge is -2.22. The third kappa shape index (κ3) is 2.27. The Labute approximate surface area is 101 Å². The van der Waals surface area contributed by atoms with Gasteiger partial charge in [0.05, 0.1) is 5.69 Å². The van der Waals surface area contributed by atoms with Crippen molar-refractivity contribution >= 4 is 21.4 Å². The van der Waals surface area contributed by atoms with Crippen LogP contribution in [0.25, 0.3) is 0 Å². The Kier molecular flexibility index (Phi) is 3.08. The number of sulfonamides is 1. The molecule has 2 rings (SSSR count). The highest BCUT2D eigenvalue weighted by atomic mass is 32.2. The predicted molar refractivity (Wildman–Crippen MR) is 68.5 cm³/mol. The summed E-state index contributed by atoms with van der Waals surface area (Å²) in [7, 11) is -3.46. The summed E-state index contributed by atoms with van der Waals surface area (Å²) in [4.78, 5) is 2.19. The van der Waals surface area contributed by atoms with Gasteiger partial charge >= 0.3 is 0 Å². The minimum absolute atomic E-state index is 0.233. The topological polar surface area (TPSA) is 75.4 Å². The molecule has 1 aliphatic rings. The van der Waals surface area contributed by atoms with Crippen LogP contribution in [-0.2, 0) is 10.0 Å². The molecule has 0 radical (unpaired) electrons. The van der Waals surface area contributed by atoms with E-state index in [-0.39, 0.29) is 4.90 Å². The van der Waals surface area contributed by atoms with E-state index in [1.54, 1.807) is 18.2 Å². The number of anilines is 2. The smallest absolute Gasteiger partial charge is 0.242 e. The summed E-state index contributed by atoms with van der Waals surface area (Å²) in [5.74, 6) is 0. The van der Waals surface area contributed by atoms with Crippen molar-refractivity contribution in [2.24, 2.45) is 0 Å². The van der Waals surface area contributed by atoms with Crippen LogP contribution in [-0.4, -0.2) is 28.1 Å². The van der Waals surface area contributed by atoms with Crippen LogP contribution in [0.3, 0.4) is 0 Å². The van der Waals surface area contributed by atoms with Gasteiger partial charge in [-0.25, -0.2) is 13.1 Å². The third-order valence-electron chi connectivity index (χ3n) is 2.64. The number of nitrogens with one attached hydrogen (secondary N) is 1. The highest BCUT2D eigenvalue weighted by molar-refractivity contribution is 7.89. The van der Waals surface area contributed by atoms with Crippen LogP contribution in [0.5, 0.6) is 0 Å². The molecule has 0 unspecified atom stereocenters. The van der Waals surface area contributed by atoms with Gasteiger partial charge in [0, 0.05) is 25.3 Å². The molecule has 92 valence electrons. The van der Waals surface area contributed by atoms with Crippen LogP contribution >= 0.6 is 0 Å². The number of rotatable bonds is 2. The van der Waals surface area contributed by atoms with Gasteiger partial charge in [0.2, 0.25) is 10.0 Å². The molecule has 0 fully saturated rings. The Hall–Kier alpha value is -1.53. The molecule has 0 bridgehead atoms. The fourth-order valence-electron chi connectivity index (χ4n) is 1.87. The fourth-order valence-corrected chi connectivity index (χ4v) is 3.15. The SMILES string of the molecule is C=CCN1CCNS(=O)(=O)c2cc(N)ccc21. The van der Waals surface area contributed by atoms with Crippen LogP contribution in [0, 0.1) is 0 Å². The molecule has 6 heteroatoms. The summed E-state index contributed by atoms with van der Waals surface area (Å²) in [6.45, 7) is 5.27. The largest absolute Gasteiger partial charge is 0.399 e. The first-order valence-corrected chi connectivity index (χ1v) is 6.78. The van der Waals surface area contributed by atoms with E-state index in [2.05, 4.69) is 11.3 Å². The standard InChI is InChI=1S/C11H15N3O2S/c1-2-6-14-7-5-13-17(15,16)11-8-9(12)3-4-10(11)14/h2-4,8,13H,1,5-7,12H2. The van der Waals surface area contributed by atoms with E-state index in [0.717, 1.165) is 0 Å². The Bertz CT molecular complexity index is 540. The molecule has 1 aliphatic heterocycles. The summed E-state index contributed by atoms with van der Waals surface area (Å²) in [5, 5.41) is 0. The summed E-state index contributed by atoms with van der Waals surface area (Å²) in [6, 6.07) is 4.92. The van der Waals surface area contributed by atoms with Crippen molar-refractivity contribution in [1.82, 2.24) is 4.72 Å². The highest BCUT2D eigenvalue weighted by Crippen LogP contribution is 2.28. The average molecular weight is 253 g/mol. The van der Waals surface area contributed by atoms with Crippen molar-refractivity contribution < 1.29 is 8.42 Å². The third-order valence-corrected chi connectivity index (χ3v) is 4.13. The molecule has 1 heterocycles. The number of nitrogens with zero attached hydrogens (tertiary/aromatic N) is 1. The van der Waals surface area contributed by atoms with Gasteiger partial charge in [-0.3, -0.25) is 0 Å². The van der Waals surface area contributed by atoms with E-state index in [0.29, 0.717) is 31.0 Å². The van der Waals surface area contributed by atoms with Gasteiger partial charge < -0.3 is 10.6 Å². The molecule has 0 saturated carbocycles. The van der Waals surface area contributed by atoms with Gasteiger partial charge in [0.15, 0.2) is 0 Å². The number of benzene rings is 1. The maximum atomic E-state index is 12.0. The maximum Gasteiger partial charge on any atom is 0.242 e. The second-order valence-electron chi connectivity index (χ2n) is 3.86. The quantitative estimate of drug-likeness (QED) is 0.596. The predicted octanol–water partition coefficient (Wildman–Crippen LogP) is 0.553. The molecule has 0 amide bonds. The lowest BCUT2D eigenvalue weighted by molar-refractivity contribution is 0.585. The molecule has 17 heavy (non-hydrogen) atoms. The number of fused-ring (bicyclic) bond motifs is 1. The number of hydrogen-bond donors (Lipinski definition) is 2. The zero-order valence-corrected chi connectivity index (χ0v) is 10.2. The van der Waals surface area contributed by atoms with E-state index in [4.69, 9.17) is 5.73 Å². The van der Waals surface area contributed by atoms with Crippen molar-refractivity contribution in [3.05, 3.63) is 30.9 Å². The molecule has 1 aromatic carbocycles. The summed E-state index contributed by atoms with van der Waals surface area (Å²) < 4.78 is 26.5. The molecule has 0 aliphatic carbocycles. The van der Waals surface area contributed by atoms with E-state index >= 15 is 0 Å². The first-order valence-electron chi connectivity index (χ1n) is 5.29. The number of nitrogens with two attached hydrogens (primary N) is 1. The molecule has 0 spiro atoms. The first-order chi connectivity index (χ1) is 8.04. The lowest BCUT2D eigenvalue weighted by Crippen LogP contribution is -2.30. The molecule has 3 N–H and O–H groups in total. The first kappa shape index (κ1) is 11.9. The second-order valence-corrected chi connectivity index (χ2v) is 5.60. The van der Waals surface area contributed by atoms with Crippen LogP contribution in [0.4, 0.5) is 11.4 Å². The fraction of sp³-hybridized carbons (Fsp3) is 0.273. The number of hydrogen-bond acceptors (Lipinski definition) is 4. The minimum Gasteiger partial charge on any atom is -0.399 e. The van der Waals surface area contributed by atoms with Gasteiger partial charge in [-0.05, 0) is 18.2 Å². The van der Waals surface area contributed by atoms with Crippen molar-refractivity contribution in [2.45, 2.75) is 4.90 Å². The van der Waals surface area contributed by atoms with E-state index in [1.165, 1.54) is 6.07 Å². The average Bonchev–Trinajstić information content (AvgIpc) is 2.38. The molecular weight excluding hydrogens is 238 g/mol. The zero-order chi connectivity index (χ0) is 12.5. The Morgan fingerprint density at radius 3 is 3.00 bits per heavy atom. The van der Waals surface area contributed by atoms with Gasteiger partial charge in [-0.1, -0.05) is 6.08 Å². The molecule has 1 aromatic rings. The Morgan fingerprint density at radius 2 is 2.29 bits per heavy atom. The second kappa shape index (κ2) is 4.38. The van der Waals surface area contributed by atoms with Gasteiger partial charge in [-0.15, -0.1) is 6.58 Å². The molecule has 0 aromatic heterocycles. The van der Waals surface area contributed by atoms with Gasteiger partial charge in [0.25, 0.3) is 0 Å². The van der Waals surface area contributed by atoms with Crippen molar-refractivity contribution in [1.29, 1.82) is 0 Å². The Morgan fingerprint density at radius 1 is 1.53 bits per heavy atom. The minimum atomic E-state index is -3.46. The van der Waals surface area contributed by atoms with Crippen LogP contribution in [0.1, 0.15) is 0 Å². The van der Waals surface area contributed by atoms with Crippen molar-refractivity contribution in [3.63, 3.8) is 0 Å². The van der Waals surface area contributed by atoms with Crippen LogP contribution < -0.4 is 15.4 Å². The van der Waals surface area contributed by atoms with Crippen molar-refractivity contribution in [2.75, 3.05) is 30.3 Å². The van der Waals surface area contributed by atoms with Crippen LogP contribution in [0.2, 0.25) is 0 Å². The van der Waals surface area contributed by atoms with Gasteiger partial charge in [-0.2, -0.15) is 0 Å². The summed E-state index contributed by atoms with van der Waals surface area (Å²) in [5.41, 5.74) is 6.75. The number of nitrogen functional groups attached to an aromatic ring is 1. The molecule has 0 saturated heterocycles. The van der Waals surface area contributed by atoms with Crippen LogP contribution in [0.15, 0.2) is 35.7 Å². The highest BCUT2D eigenvalue weighted by Gasteiger charge is 2.25. The Balaban J connectivity index is 2.59. The maximum absolute atomic E-state index is 12.0. The van der Waals surface area contributed by atoms with E-state index in [1.807, 2.05) is 4.90 Å². The summed E-state index contributed by atoms with van der Waals surface area (Å²) in [6.07, 6.45) is 1.75.